The number of nitrogens with zero attached hydrogens (tertiary/aromatic N) is 2. The number of amides is 1. The van der Waals surface area contributed by atoms with Gasteiger partial charge in [-0.2, -0.15) is 0 Å². The Kier molecular flexibility index (Phi) is 7.60. The molecule has 2 aromatic carbocycles. The minimum Gasteiger partial charge on any atom is -0.497 e. The van der Waals surface area contributed by atoms with E-state index in [9.17, 15) is 17.6 Å². The van der Waals surface area contributed by atoms with E-state index < -0.39 is 27.3 Å². The molecule has 2 heterocycles. The number of carbonyl (C=O) groups excluding carboxylic acids is 1. The Hall–Kier alpha value is -3.38. The normalized spacial score (nSPS) is 13.5. The highest BCUT2D eigenvalue weighted by molar-refractivity contribution is 7.89. The van der Waals surface area contributed by atoms with E-state index in [0.29, 0.717) is 17.0 Å². The van der Waals surface area contributed by atoms with Crippen LogP contribution in [0.25, 0.3) is 10.1 Å². The largest absolute Gasteiger partial charge is 0.497 e. The third-order valence-electron chi connectivity index (χ3n) is 5.93. The van der Waals surface area contributed by atoms with Gasteiger partial charge in [0.1, 0.15) is 17.3 Å². The van der Waals surface area contributed by atoms with Crippen molar-refractivity contribution >= 4 is 43.0 Å². The highest BCUT2D eigenvalue weighted by Crippen LogP contribution is 2.35. The van der Waals surface area contributed by atoms with Gasteiger partial charge in [0, 0.05) is 24.0 Å². The number of hydrogen-bond acceptors (Lipinski definition) is 7. The molecule has 0 aliphatic heterocycles. The van der Waals surface area contributed by atoms with E-state index in [-0.39, 0.29) is 18.0 Å². The molecule has 4 rings (SSSR count). The van der Waals surface area contributed by atoms with Crippen LogP contribution in [0, 0.1) is 5.82 Å². The van der Waals surface area contributed by atoms with Crippen LogP contribution in [0.4, 0.5) is 10.1 Å². The number of nitrogens with one attached hydrogen (secondary N) is 1. The predicted octanol–water partition coefficient (Wildman–Crippen LogP) is 4.33. The van der Waals surface area contributed by atoms with Gasteiger partial charge in [0.05, 0.1) is 24.6 Å². The molecule has 0 bridgehead atoms. The molecule has 0 fully saturated rings. The van der Waals surface area contributed by atoms with Crippen LogP contribution in [0.1, 0.15) is 28.5 Å². The average Bonchev–Trinajstić information content (AvgIpc) is 3.28. The van der Waals surface area contributed by atoms with E-state index in [1.54, 1.807) is 38.3 Å². The van der Waals surface area contributed by atoms with E-state index in [1.165, 1.54) is 28.8 Å². The third kappa shape index (κ3) is 6.13. The maximum Gasteiger partial charge on any atom is 0.274 e. The van der Waals surface area contributed by atoms with Gasteiger partial charge >= 0.3 is 0 Å². The Morgan fingerprint density at radius 2 is 1.92 bits per heavy atom. The highest BCUT2D eigenvalue weighted by Gasteiger charge is 2.33. The number of carbonyl (C=O) groups is 1. The molecule has 194 valence electrons. The monoisotopic (exact) mass is 542 g/mol. The number of anilines is 1. The average molecular weight is 543 g/mol. The van der Waals surface area contributed by atoms with Crippen molar-refractivity contribution in [1.82, 2.24) is 9.29 Å². The Morgan fingerprint density at radius 3 is 2.57 bits per heavy atom. The Bertz CT molecular complexity index is 1520. The fourth-order valence-corrected chi connectivity index (χ4v) is 6.47. The van der Waals surface area contributed by atoms with Crippen molar-refractivity contribution < 1.29 is 22.3 Å². The fourth-order valence-electron chi connectivity index (χ4n) is 3.91. The number of methoxy groups -OCH3 is 1. The zero-order valence-corrected chi connectivity index (χ0v) is 22.2. The van der Waals surface area contributed by atoms with Crippen LogP contribution in [0.5, 0.6) is 5.75 Å². The first-order chi connectivity index (χ1) is 17.5. The molecule has 8 nitrogen and oxygen atoms in total. The van der Waals surface area contributed by atoms with Crippen molar-refractivity contribution in [2.75, 3.05) is 25.2 Å². The maximum atomic E-state index is 13.2. The van der Waals surface area contributed by atoms with Gasteiger partial charge in [-0.1, -0.05) is 12.1 Å². The summed E-state index contributed by atoms with van der Waals surface area (Å²) < 4.78 is 46.9. The van der Waals surface area contributed by atoms with Crippen LogP contribution < -0.4 is 15.8 Å². The highest BCUT2D eigenvalue weighted by atomic mass is 32.2. The second-order valence-electron chi connectivity index (χ2n) is 8.95. The fraction of sp³-hybridized carbons (Fsp3) is 0.231. The molecule has 0 saturated carbocycles. The summed E-state index contributed by atoms with van der Waals surface area (Å²) >= 11 is 1.44. The topological polar surface area (TPSA) is 115 Å². The zero-order valence-electron chi connectivity index (χ0n) is 20.6. The molecule has 0 aliphatic carbocycles. The quantitative estimate of drug-likeness (QED) is 0.325. The molecule has 0 aliphatic rings. The summed E-state index contributed by atoms with van der Waals surface area (Å²) in [4.78, 5) is 16.3. The first-order valence-electron chi connectivity index (χ1n) is 11.3. The minimum atomic E-state index is -3.72. The van der Waals surface area contributed by atoms with Gasteiger partial charge in [-0.3, -0.25) is 4.79 Å². The summed E-state index contributed by atoms with van der Waals surface area (Å²) in [5, 5.41) is 5.33. The zero-order chi connectivity index (χ0) is 26.8. The van der Waals surface area contributed by atoms with Gasteiger partial charge in [-0.05, 0) is 71.3 Å². The molecule has 0 spiro atoms. The number of ether oxygens (including phenoxy) is 1. The SMILES string of the molecule is COc1ccc(CN(C)S(=O)(=O)C[C@](C)(N)c2csc3ccc(NC(=O)c4ccc(F)cn4)cc23)cc1. The molecule has 1 amide bonds. The van der Waals surface area contributed by atoms with Gasteiger partial charge in [0.15, 0.2) is 0 Å². The predicted molar refractivity (Wildman–Crippen MR) is 144 cm³/mol. The molecule has 37 heavy (non-hydrogen) atoms. The van der Waals surface area contributed by atoms with E-state index in [0.717, 1.165) is 27.9 Å². The number of hydrogen-bond donors (Lipinski definition) is 2. The Balaban J connectivity index is 1.53. The van der Waals surface area contributed by atoms with Gasteiger partial charge < -0.3 is 15.8 Å². The molecule has 0 unspecified atom stereocenters. The van der Waals surface area contributed by atoms with E-state index in [4.69, 9.17) is 10.5 Å². The molecular weight excluding hydrogens is 515 g/mol. The number of sulfonamides is 1. The lowest BCUT2D eigenvalue weighted by molar-refractivity contribution is 0.102. The van der Waals surface area contributed by atoms with Crippen LogP contribution in [-0.4, -0.2) is 43.5 Å². The van der Waals surface area contributed by atoms with Crippen molar-refractivity contribution in [1.29, 1.82) is 0 Å². The number of fused-ring (bicyclic) bond motifs is 1. The van der Waals surface area contributed by atoms with Gasteiger partial charge in [-0.15, -0.1) is 11.3 Å². The maximum absolute atomic E-state index is 13.2. The first kappa shape index (κ1) is 26.7. The Morgan fingerprint density at radius 1 is 1.19 bits per heavy atom. The number of nitrogens with two attached hydrogens (primary N) is 1. The summed E-state index contributed by atoms with van der Waals surface area (Å²) in [6.07, 6.45) is 0.973. The van der Waals surface area contributed by atoms with Crippen molar-refractivity contribution in [2.24, 2.45) is 5.73 Å². The van der Waals surface area contributed by atoms with Crippen LogP contribution in [-0.2, 0) is 22.1 Å². The number of thiophene rings is 1. The van der Waals surface area contributed by atoms with Crippen LogP contribution in [0.2, 0.25) is 0 Å². The number of benzene rings is 2. The lowest BCUT2D eigenvalue weighted by Crippen LogP contribution is -2.44. The minimum absolute atomic E-state index is 0.0710. The first-order valence-corrected chi connectivity index (χ1v) is 13.8. The standard InChI is InChI=1S/C26H27FN4O4S2/c1-26(28,16-37(33,34)31(2)14-17-4-8-20(35-3)9-5-17)22-15-36-24-11-7-19(12-21(22)24)30-25(32)23-10-6-18(27)13-29-23/h4-13,15H,14,16,28H2,1-3H3,(H,30,32)/t26-/m0/s1. The number of rotatable bonds is 9. The lowest BCUT2D eigenvalue weighted by atomic mass is 9.95. The summed E-state index contributed by atoms with van der Waals surface area (Å²) in [7, 11) is -0.625. The van der Waals surface area contributed by atoms with Crippen molar-refractivity contribution in [3.8, 4) is 5.75 Å². The molecule has 0 radical (unpaired) electrons. The molecule has 4 aromatic rings. The van der Waals surface area contributed by atoms with Crippen LogP contribution in [0.3, 0.4) is 0 Å². The summed E-state index contributed by atoms with van der Waals surface area (Å²) in [5.41, 5.74) is 7.44. The molecular formula is C26H27FN4O4S2. The van der Waals surface area contributed by atoms with E-state index in [1.807, 2.05) is 23.6 Å². The van der Waals surface area contributed by atoms with Crippen LogP contribution >= 0.6 is 11.3 Å². The van der Waals surface area contributed by atoms with Gasteiger partial charge in [0.2, 0.25) is 10.0 Å². The summed E-state index contributed by atoms with van der Waals surface area (Å²) in [6, 6.07) is 15.0. The molecule has 11 heteroatoms. The Labute approximate surface area is 218 Å². The summed E-state index contributed by atoms with van der Waals surface area (Å²) in [6.45, 7) is 1.88. The molecule has 1 atom stereocenters. The second kappa shape index (κ2) is 10.5. The molecule has 3 N–H and O–H groups in total. The smallest absolute Gasteiger partial charge is 0.274 e. The summed E-state index contributed by atoms with van der Waals surface area (Å²) in [5.74, 6) is -0.645. The van der Waals surface area contributed by atoms with Gasteiger partial charge in [-0.25, -0.2) is 22.1 Å². The van der Waals surface area contributed by atoms with Crippen molar-refractivity contribution in [3.05, 3.63) is 88.8 Å². The van der Waals surface area contributed by atoms with E-state index >= 15 is 0 Å². The van der Waals surface area contributed by atoms with Crippen molar-refractivity contribution in [3.63, 3.8) is 0 Å². The molecule has 0 saturated heterocycles. The number of aromatic nitrogens is 1. The van der Waals surface area contributed by atoms with Gasteiger partial charge in [0.25, 0.3) is 5.91 Å². The second-order valence-corrected chi connectivity index (χ2v) is 11.9. The number of pyridine rings is 1. The van der Waals surface area contributed by atoms with Crippen molar-refractivity contribution in [2.45, 2.75) is 19.0 Å². The molecule has 2 aromatic heterocycles. The van der Waals surface area contributed by atoms with E-state index in [2.05, 4.69) is 10.3 Å². The number of halogens is 1. The lowest BCUT2D eigenvalue weighted by Gasteiger charge is -2.27. The van der Waals surface area contributed by atoms with Crippen LogP contribution in [0.15, 0.2) is 66.2 Å². The third-order valence-corrected chi connectivity index (χ3v) is 8.93.